The largest absolute Gasteiger partial charge is 0.387 e. The van der Waals surface area contributed by atoms with E-state index in [1.165, 1.54) is 55.5 Å². The van der Waals surface area contributed by atoms with Gasteiger partial charge < -0.3 is 36.2 Å². The molecule has 8 N–H and O–H groups in total. The van der Waals surface area contributed by atoms with Crippen LogP contribution in [-0.2, 0) is 10.2 Å². The predicted octanol–water partition coefficient (Wildman–Crippen LogP) is 0.708. The maximum Gasteiger partial charge on any atom is 0.225 e. The summed E-state index contributed by atoms with van der Waals surface area (Å²) in [6.07, 6.45) is 6.04. The van der Waals surface area contributed by atoms with E-state index in [0.717, 1.165) is 12.3 Å². The highest BCUT2D eigenvalue weighted by molar-refractivity contribution is 5.75. The van der Waals surface area contributed by atoms with Crippen LogP contribution in [0.15, 0.2) is 18.2 Å². The first-order chi connectivity index (χ1) is 20.1. The number of hydrogen-bond donors (Lipinski definition) is 7. The van der Waals surface area contributed by atoms with E-state index in [0.29, 0.717) is 42.0 Å². The third-order valence-electron chi connectivity index (χ3n) is 11.9. The number of likely N-dealkylation sites (N-methyl/N-ethyl adjacent to an activating group) is 3. The molecule has 0 aromatic heterocycles. The minimum atomic E-state index is -0.939. The van der Waals surface area contributed by atoms with Crippen LogP contribution >= 0.6 is 0 Å². The molecule has 5 fully saturated rings. The zero-order valence-electron chi connectivity index (χ0n) is 25.8. The molecule has 1 aromatic carbocycles. The standard InChI is InChI=1S/C31H53N8O3/c1-31(10-5-11-31)19-7-8-21-22(14-19)36-24(35-21)9-6-18-12-20(13-18)37(2)15-23-26(40)27(41)30(42-23)39(4)17-34-25-28(32)33-16-38(3)29(25)39/h7-8,14,18,20,23-30,33-36,40-41H,5-6,9-13,15-17,32H2,1-4H3/q+1/t18?,20?,23-,24?,25?,26-,27-,28?,29?,30-,39?/m1/s1. The lowest BCUT2D eigenvalue weighted by molar-refractivity contribution is -0.978. The van der Waals surface area contributed by atoms with Crippen LogP contribution < -0.4 is 27.0 Å². The van der Waals surface area contributed by atoms with Crippen molar-refractivity contribution in [3.8, 4) is 0 Å². The van der Waals surface area contributed by atoms with E-state index >= 15 is 0 Å². The Morgan fingerprint density at radius 2 is 1.88 bits per heavy atom. The summed E-state index contributed by atoms with van der Waals surface area (Å²) in [5.41, 5.74) is 10.7. The van der Waals surface area contributed by atoms with Gasteiger partial charge in [-0.3, -0.25) is 15.1 Å². The van der Waals surface area contributed by atoms with E-state index in [2.05, 4.69) is 77.3 Å². The Balaban J connectivity index is 0.877. The van der Waals surface area contributed by atoms with Crippen LogP contribution in [0.5, 0.6) is 0 Å². The van der Waals surface area contributed by atoms with Crippen molar-refractivity contribution in [1.29, 1.82) is 0 Å². The average Bonchev–Trinajstić information content (AvgIpc) is 3.59. The number of anilines is 2. The molecule has 11 nitrogen and oxygen atoms in total. The minimum absolute atomic E-state index is 0.0485. The number of nitrogens with two attached hydrogens (primary N) is 1. The second-order valence-corrected chi connectivity index (χ2v) is 14.9. The monoisotopic (exact) mass is 585 g/mol. The molecule has 9 atom stereocenters. The van der Waals surface area contributed by atoms with Crippen LogP contribution in [0, 0.1) is 5.92 Å². The lowest BCUT2D eigenvalue weighted by Crippen LogP contribution is -2.73. The highest BCUT2D eigenvalue weighted by atomic mass is 16.6. The van der Waals surface area contributed by atoms with Crippen LogP contribution in [0.1, 0.15) is 57.4 Å². The summed E-state index contributed by atoms with van der Waals surface area (Å²) in [7, 11) is 6.31. The Morgan fingerprint density at radius 3 is 2.62 bits per heavy atom. The van der Waals surface area contributed by atoms with E-state index < -0.39 is 24.5 Å². The van der Waals surface area contributed by atoms with E-state index in [-0.39, 0.29) is 18.4 Å². The second kappa shape index (κ2) is 10.8. The topological polar surface area (TPSA) is 130 Å². The summed E-state index contributed by atoms with van der Waals surface area (Å²) >= 11 is 0. The SMILES string of the molecule is CN(C[C@H]1O[C@@H]([N+]2(C)CNC3C(N)NCN(C)C32)[C@H](O)[C@@H]1O)C1CC(CCC2Nc3ccc(C4(C)CCC4)cc3N2)C1. The first-order valence-electron chi connectivity index (χ1n) is 16.2. The highest BCUT2D eigenvalue weighted by Gasteiger charge is 2.61. The molecule has 2 saturated carbocycles. The Labute approximate surface area is 250 Å². The zero-order chi connectivity index (χ0) is 29.4. The second-order valence-electron chi connectivity index (χ2n) is 14.9. The molecule has 1 aromatic rings. The van der Waals surface area contributed by atoms with Crippen molar-refractivity contribution in [2.45, 2.75) is 112 Å². The number of ether oxygens (including phenoxy) is 1. The number of hydrogen-bond acceptors (Lipinski definition) is 10. The summed E-state index contributed by atoms with van der Waals surface area (Å²) in [5, 5.41) is 36.5. The van der Waals surface area contributed by atoms with Crippen LogP contribution in [-0.4, -0.2) is 121 Å². The van der Waals surface area contributed by atoms with Crippen molar-refractivity contribution in [3.63, 3.8) is 0 Å². The average molecular weight is 586 g/mol. The lowest BCUT2D eigenvalue weighted by atomic mass is 9.66. The van der Waals surface area contributed by atoms with Gasteiger partial charge in [-0.15, -0.1) is 0 Å². The van der Waals surface area contributed by atoms with Gasteiger partial charge in [0.25, 0.3) is 0 Å². The molecular formula is C31H53N8O3+. The number of aliphatic hydroxyl groups excluding tert-OH is 2. The van der Waals surface area contributed by atoms with Crippen molar-refractivity contribution in [2.75, 3.05) is 51.7 Å². The molecule has 3 saturated heterocycles. The fraction of sp³-hybridized carbons (Fsp3) is 0.806. The molecule has 2 aliphatic carbocycles. The number of nitrogens with one attached hydrogen (secondary N) is 4. The number of quaternary nitrogens is 1. The number of rotatable bonds is 8. The number of nitrogens with zero attached hydrogens (tertiary/aromatic N) is 3. The van der Waals surface area contributed by atoms with Gasteiger partial charge in [-0.2, -0.15) is 0 Å². The van der Waals surface area contributed by atoms with Gasteiger partial charge in [-0.25, -0.2) is 4.90 Å². The molecule has 234 valence electrons. The summed E-state index contributed by atoms with van der Waals surface area (Å²) in [6, 6.07) is 7.49. The molecule has 42 heavy (non-hydrogen) atoms. The summed E-state index contributed by atoms with van der Waals surface area (Å²) in [5.74, 6) is 0.721. The van der Waals surface area contributed by atoms with Crippen molar-refractivity contribution in [1.82, 2.24) is 20.4 Å². The molecule has 0 amide bonds. The quantitative estimate of drug-likeness (QED) is 0.219. The fourth-order valence-corrected chi connectivity index (χ4v) is 8.83. The van der Waals surface area contributed by atoms with Crippen LogP contribution in [0.2, 0.25) is 0 Å². The zero-order valence-corrected chi connectivity index (χ0v) is 25.8. The maximum absolute atomic E-state index is 11.2. The van der Waals surface area contributed by atoms with E-state index in [9.17, 15) is 10.2 Å². The molecule has 4 heterocycles. The van der Waals surface area contributed by atoms with Gasteiger partial charge in [-0.1, -0.05) is 19.4 Å². The smallest absolute Gasteiger partial charge is 0.225 e. The number of fused-ring (bicyclic) bond motifs is 2. The molecule has 6 aliphatic rings. The number of aliphatic hydroxyl groups is 2. The molecular weight excluding hydrogens is 532 g/mol. The summed E-state index contributed by atoms with van der Waals surface area (Å²) in [6.45, 7) is 4.32. The molecule has 4 aliphatic heterocycles. The van der Waals surface area contributed by atoms with Gasteiger partial charge in [0.05, 0.1) is 37.4 Å². The molecule has 0 spiro atoms. The van der Waals surface area contributed by atoms with Gasteiger partial charge in [-0.05, 0) is 81.6 Å². The molecule has 11 heteroatoms. The van der Waals surface area contributed by atoms with Crippen molar-refractivity contribution < 1.29 is 19.4 Å². The van der Waals surface area contributed by atoms with Crippen molar-refractivity contribution in [3.05, 3.63) is 23.8 Å². The third kappa shape index (κ3) is 4.85. The number of benzene rings is 1. The van der Waals surface area contributed by atoms with E-state index in [1.54, 1.807) is 0 Å². The van der Waals surface area contributed by atoms with Crippen molar-refractivity contribution >= 4 is 11.4 Å². The van der Waals surface area contributed by atoms with Crippen LogP contribution in [0.25, 0.3) is 0 Å². The Kier molecular flexibility index (Phi) is 7.52. The van der Waals surface area contributed by atoms with Crippen molar-refractivity contribution in [2.24, 2.45) is 11.7 Å². The predicted molar refractivity (Wildman–Crippen MR) is 163 cm³/mol. The van der Waals surface area contributed by atoms with Gasteiger partial charge >= 0.3 is 0 Å². The van der Waals surface area contributed by atoms with Gasteiger partial charge in [0, 0.05) is 12.6 Å². The molecule has 0 radical (unpaired) electrons. The fourth-order valence-electron chi connectivity index (χ4n) is 8.83. The van der Waals surface area contributed by atoms with Gasteiger partial charge in [0.2, 0.25) is 6.23 Å². The van der Waals surface area contributed by atoms with Gasteiger partial charge in [0.1, 0.15) is 24.9 Å². The summed E-state index contributed by atoms with van der Waals surface area (Å²) in [4.78, 5) is 4.56. The highest BCUT2D eigenvalue weighted by Crippen LogP contribution is 2.46. The maximum atomic E-state index is 11.2. The Morgan fingerprint density at radius 1 is 1.12 bits per heavy atom. The first-order valence-corrected chi connectivity index (χ1v) is 16.2. The molecule has 5 unspecified atom stereocenters. The van der Waals surface area contributed by atoms with E-state index in [4.69, 9.17) is 10.5 Å². The normalized spacial score (nSPS) is 44.2. The third-order valence-corrected chi connectivity index (χ3v) is 11.9. The molecule has 0 bridgehead atoms. The Bertz CT molecular complexity index is 1150. The first kappa shape index (κ1) is 29.2. The Hall–Kier alpha value is -1.54. The van der Waals surface area contributed by atoms with Crippen LogP contribution in [0.3, 0.4) is 0 Å². The summed E-state index contributed by atoms with van der Waals surface area (Å²) < 4.78 is 6.96. The van der Waals surface area contributed by atoms with Crippen LogP contribution in [0.4, 0.5) is 11.4 Å². The molecule has 7 rings (SSSR count). The lowest BCUT2D eigenvalue weighted by Gasteiger charge is -2.48. The van der Waals surface area contributed by atoms with E-state index in [1.807, 2.05) is 0 Å². The van der Waals surface area contributed by atoms with Gasteiger partial charge in [0.15, 0.2) is 12.3 Å². The minimum Gasteiger partial charge on any atom is -0.387 e.